The fourth-order valence-corrected chi connectivity index (χ4v) is 2.86. The third-order valence-corrected chi connectivity index (χ3v) is 4.19. The highest BCUT2D eigenvalue weighted by Gasteiger charge is 2.21. The van der Waals surface area contributed by atoms with E-state index < -0.39 is 0 Å². The molecule has 2 nitrogen and oxygen atoms in total. The van der Waals surface area contributed by atoms with Crippen molar-refractivity contribution in [3.63, 3.8) is 0 Å². The first kappa shape index (κ1) is 18.5. The first-order chi connectivity index (χ1) is 9.24. The second kappa shape index (κ2) is 12.5. The summed E-state index contributed by atoms with van der Waals surface area (Å²) < 4.78 is 0. The highest BCUT2D eigenvalue weighted by Crippen LogP contribution is 2.20. The molecule has 0 N–H and O–H groups in total. The lowest BCUT2D eigenvalue weighted by Gasteiger charge is -2.35. The summed E-state index contributed by atoms with van der Waals surface area (Å²) in [7, 11) is 0. The number of rotatable bonds is 13. The largest absolute Gasteiger partial charge is 0.339 e. The van der Waals surface area contributed by atoms with Gasteiger partial charge in [-0.15, -0.1) is 0 Å². The van der Waals surface area contributed by atoms with E-state index in [1.165, 1.54) is 51.4 Å². The second-order valence-electron chi connectivity index (χ2n) is 5.67. The standard InChI is InChI=1S/C17H35NO/c1-5-9-11-13-16(7-3)18(15-19)17(8-4)14-12-10-6-2/h15-17H,5-14H2,1-4H3. The molecule has 2 atom stereocenters. The molecular formula is C17H35NO. The summed E-state index contributed by atoms with van der Waals surface area (Å²) >= 11 is 0. The van der Waals surface area contributed by atoms with Gasteiger partial charge in [0.2, 0.25) is 6.41 Å². The van der Waals surface area contributed by atoms with Crippen LogP contribution in [0.4, 0.5) is 0 Å². The van der Waals surface area contributed by atoms with Gasteiger partial charge in [-0.25, -0.2) is 0 Å². The molecule has 0 heterocycles. The van der Waals surface area contributed by atoms with Gasteiger partial charge < -0.3 is 4.90 Å². The SMILES string of the molecule is CCCCCC(CC)N(C=O)C(CC)CCCCC. The minimum absolute atomic E-state index is 0.454. The fourth-order valence-electron chi connectivity index (χ4n) is 2.86. The number of amides is 1. The molecule has 0 saturated carbocycles. The lowest BCUT2D eigenvalue weighted by Crippen LogP contribution is -2.41. The van der Waals surface area contributed by atoms with Crippen molar-refractivity contribution in [2.24, 2.45) is 0 Å². The minimum atomic E-state index is 0.454. The highest BCUT2D eigenvalue weighted by molar-refractivity contribution is 5.48. The van der Waals surface area contributed by atoms with Crippen molar-refractivity contribution in [2.45, 2.75) is 104 Å². The van der Waals surface area contributed by atoms with E-state index in [9.17, 15) is 4.79 Å². The van der Waals surface area contributed by atoms with Gasteiger partial charge in [0.1, 0.15) is 0 Å². The van der Waals surface area contributed by atoms with E-state index in [4.69, 9.17) is 0 Å². The molecule has 0 rings (SSSR count). The van der Waals surface area contributed by atoms with Crippen molar-refractivity contribution < 1.29 is 4.79 Å². The third kappa shape index (κ3) is 7.59. The predicted octanol–water partition coefficient (Wildman–Crippen LogP) is 5.16. The molecule has 0 saturated heterocycles. The molecule has 0 aromatic heterocycles. The lowest BCUT2D eigenvalue weighted by atomic mass is 9.99. The Kier molecular flexibility index (Phi) is 12.2. The van der Waals surface area contributed by atoms with Gasteiger partial charge in [0, 0.05) is 12.1 Å². The summed E-state index contributed by atoms with van der Waals surface area (Å²) in [6, 6.07) is 0.909. The van der Waals surface area contributed by atoms with Crippen LogP contribution in [0.2, 0.25) is 0 Å². The Labute approximate surface area is 120 Å². The highest BCUT2D eigenvalue weighted by atomic mass is 16.1. The Balaban J connectivity index is 4.38. The molecule has 19 heavy (non-hydrogen) atoms. The van der Waals surface area contributed by atoms with Gasteiger partial charge >= 0.3 is 0 Å². The Morgan fingerprint density at radius 3 is 1.47 bits per heavy atom. The van der Waals surface area contributed by atoms with Crippen LogP contribution >= 0.6 is 0 Å². The van der Waals surface area contributed by atoms with Crippen LogP contribution in [0.1, 0.15) is 91.9 Å². The van der Waals surface area contributed by atoms with Gasteiger partial charge in [0.25, 0.3) is 0 Å². The Hall–Kier alpha value is -0.530. The Morgan fingerprint density at radius 2 is 1.21 bits per heavy atom. The van der Waals surface area contributed by atoms with Crippen LogP contribution in [0.3, 0.4) is 0 Å². The molecule has 2 unspecified atom stereocenters. The number of hydrogen-bond donors (Lipinski definition) is 0. The van der Waals surface area contributed by atoms with Crippen molar-refractivity contribution in [2.75, 3.05) is 0 Å². The van der Waals surface area contributed by atoms with E-state index >= 15 is 0 Å². The van der Waals surface area contributed by atoms with Crippen molar-refractivity contribution in [3.05, 3.63) is 0 Å². The topological polar surface area (TPSA) is 20.3 Å². The van der Waals surface area contributed by atoms with Gasteiger partial charge in [-0.1, -0.05) is 66.2 Å². The number of hydrogen-bond acceptors (Lipinski definition) is 1. The van der Waals surface area contributed by atoms with Crippen molar-refractivity contribution in [1.29, 1.82) is 0 Å². The molecule has 0 bridgehead atoms. The molecule has 0 fully saturated rings. The molecule has 114 valence electrons. The van der Waals surface area contributed by atoms with E-state index in [-0.39, 0.29) is 0 Å². The van der Waals surface area contributed by atoms with Gasteiger partial charge in [-0.05, 0) is 25.7 Å². The Bertz CT molecular complexity index is 187. The van der Waals surface area contributed by atoms with Crippen LogP contribution in [0, 0.1) is 0 Å². The van der Waals surface area contributed by atoms with Crippen molar-refractivity contribution >= 4 is 6.41 Å². The summed E-state index contributed by atoms with van der Waals surface area (Å²) in [4.78, 5) is 13.6. The van der Waals surface area contributed by atoms with E-state index in [2.05, 4.69) is 32.6 Å². The smallest absolute Gasteiger partial charge is 0.210 e. The third-order valence-electron chi connectivity index (χ3n) is 4.19. The van der Waals surface area contributed by atoms with E-state index in [1.807, 2.05) is 0 Å². The predicted molar refractivity (Wildman–Crippen MR) is 84.3 cm³/mol. The van der Waals surface area contributed by atoms with E-state index in [1.54, 1.807) is 0 Å². The maximum atomic E-state index is 11.5. The Morgan fingerprint density at radius 1 is 0.789 bits per heavy atom. The van der Waals surface area contributed by atoms with Gasteiger partial charge in [-0.2, -0.15) is 0 Å². The quantitative estimate of drug-likeness (QED) is 0.334. The van der Waals surface area contributed by atoms with Gasteiger partial charge in [-0.3, -0.25) is 4.79 Å². The summed E-state index contributed by atoms with van der Waals surface area (Å²) in [6.07, 6.45) is 13.2. The first-order valence-corrected chi connectivity index (χ1v) is 8.47. The average Bonchev–Trinajstić information content (AvgIpc) is 2.44. The average molecular weight is 269 g/mol. The van der Waals surface area contributed by atoms with Crippen LogP contribution in [0.15, 0.2) is 0 Å². The van der Waals surface area contributed by atoms with Crippen molar-refractivity contribution in [3.8, 4) is 0 Å². The van der Waals surface area contributed by atoms with Crippen LogP contribution in [0.5, 0.6) is 0 Å². The zero-order valence-corrected chi connectivity index (χ0v) is 13.7. The summed E-state index contributed by atoms with van der Waals surface area (Å²) in [5.74, 6) is 0. The lowest BCUT2D eigenvalue weighted by molar-refractivity contribution is -0.123. The molecule has 0 aliphatic heterocycles. The molecule has 0 radical (unpaired) electrons. The molecule has 0 aliphatic carbocycles. The van der Waals surface area contributed by atoms with Gasteiger partial charge in [0.15, 0.2) is 0 Å². The molecular weight excluding hydrogens is 234 g/mol. The van der Waals surface area contributed by atoms with Crippen LogP contribution in [-0.2, 0) is 4.79 Å². The zero-order chi connectivity index (χ0) is 14.5. The van der Waals surface area contributed by atoms with E-state index in [0.29, 0.717) is 12.1 Å². The van der Waals surface area contributed by atoms with Gasteiger partial charge in [0.05, 0.1) is 0 Å². The molecule has 1 amide bonds. The number of carbonyl (C=O) groups excluding carboxylic acids is 1. The molecule has 2 heteroatoms. The normalized spacial score (nSPS) is 14.1. The zero-order valence-electron chi connectivity index (χ0n) is 13.7. The molecule has 0 aromatic rings. The summed E-state index contributed by atoms with van der Waals surface area (Å²) in [6.45, 7) is 8.90. The maximum Gasteiger partial charge on any atom is 0.210 e. The first-order valence-electron chi connectivity index (χ1n) is 8.47. The number of unbranched alkanes of at least 4 members (excludes halogenated alkanes) is 4. The molecule has 0 aliphatic rings. The maximum absolute atomic E-state index is 11.5. The van der Waals surface area contributed by atoms with Crippen molar-refractivity contribution in [1.82, 2.24) is 4.90 Å². The number of nitrogens with zero attached hydrogens (tertiary/aromatic N) is 1. The van der Waals surface area contributed by atoms with Crippen LogP contribution < -0.4 is 0 Å². The van der Waals surface area contributed by atoms with Crippen LogP contribution in [0.25, 0.3) is 0 Å². The fraction of sp³-hybridized carbons (Fsp3) is 0.941. The summed E-state index contributed by atoms with van der Waals surface area (Å²) in [5, 5.41) is 0. The minimum Gasteiger partial charge on any atom is -0.339 e. The van der Waals surface area contributed by atoms with Crippen LogP contribution in [-0.4, -0.2) is 23.4 Å². The van der Waals surface area contributed by atoms with E-state index in [0.717, 1.165) is 19.3 Å². The second-order valence-corrected chi connectivity index (χ2v) is 5.67. The monoisotopic (exact) mass is 269 g/mol. The molecule has 0 spiro atoms. The molecule has 0 aromatic carbocycles. The number of carbonyl (C=O) groups is 1. The summed E-state index contributed by atoms with van der Waals surface area (Å²) in [5.41, 5.74) is 0.